The summed E-state index contributed by atoms with van der Waals surface area (Å²) in [5.41, 5.74) is 1.51. The molecule has 1 aliphatic carbocycles. The number of hydrogen-bond acceptors (Lipinski definition) is 7. The smallest absolute Gasteiger partial charge is 0.225 e. The van der Waals surface area contributed by atoms with E-state index in [0.717, 1.165) is 55.1 Å². The van der Waals surface area contributed by atoms with E-state index in [9.17, 15) is 0 Å². The molecule has 7 heteroatoms. The topological polar surface area (TPSA) is 58.0 Å². The van der Waals surface area contributed by atoms with E-state index in [4.69, 9.17) is 4.98 Å². The van der Waals surface area contributed by atoms with Crippen LogP contribution in [0.2, 0.25) is 0 Å². The van der Waals surface area contributed by atoms with Crippen LogP contribution in [0, 0.1) is 5.92 Å². The summed E-state index contributed by atoms with van der Waals surface area (Å²) in [7, 11) is 0. The normalized spacial score (nSPS) is 20.4. The van der Waals surface area contributed by atoms with Gasteiger partial charge in [-0.3, -0.25) is 0 Å². The molecule has 1 fully saturated rings. The van der Waals surface area contributed by atoms with Crippen molar-refractivity contribution in [1.29, 1.82) is 0 Å². The molecule has 26 heavy (non-hydrogen) atoms. The van der Waals surface area contributed by atoms with Crippen molar-refractivity contribution in [3.8, 4) is 0 Å². The number of aryl methyl sites for hydroxylation is 1. The van der Waals surface area contributed by atoms with E-state index in [2.05, 4.69) is 31.7 Å². The van der Waals surface area contributed by atoms with E-state index in [1.54, 1.807) is 18.7 Å². The molecule has 1 atom stereocenters. The van der Waals surface area contributed by atoms with Gasteiger partial charge < -0.3 is 9.80 Å². The van der Waals surface area contributed by atoms with E-state index >= 15 is 0 Å². The Hall–Kier alpha value is -2.28. The lowest BCUT2D eigenvalue weighted by Crippen LogP contribution is -2.47. The first-order valence-electron chi connectivity index (χ1n) is 9.32. The number of piperazine rings is 1. The second kappa shape index (κ2) is 6.46. The molecular formula is C19H22N6S. The molecule has 1 aliphatic heterocycles. The summed E-state index contributed by atoms with van der Waals surface area (Å²) in [6.45, 7) is 6.05. The molecule has 5 rings (SSSR count). The summed E-state index contributed by atoms with van der Waals surface area (Å²) in [6.07, 6.45) is 8.97. The lowest BCUT2D eigenvalue weighted by atomic mass is 9.89. The third-order valence-electron chi connectivity index (χ3n) is 5.49. The van der Waals surface area contributed by atoms with Gasteiger partial charge in [-0.25, -0.2) is 19.9 Å². The van der Waals surface area contributed by atoms with Crippen molar-refractivity contribution in [3.05, 3.63) is 35.2 Å². The summed E-state index contributed by atoms with van der Waals surface area (Å²) >= 11 is 1.87. The fourth-order valence-corrected chi connectivity index (χ4v) is 5.42. The van der Waals surface area contributed by atoms with Gasteiger partial charge in [-0.05, 0) is 36.8 Å². The van der Waals surface area contributed by atoms with Crippen molar-refractivity contribution in [3.63, 3.8) is 0 Å². The Balaban J connectivity index is 1.43. The first kappa shape index (κ1) is 15.9. The van der Waals surface area contributed by atoms with Crippen molar-refractivity contribution in [1.82, 2.24) is 19.9 Å². The van der Waals surface area contributed by atoms with Crippen molar-refractivity contribution < 1.29 is 0 Å². The zero-order chi connectivity index (χ0) is 17.5. The van der Waals surface area contributed by atoms with Gasteiger partial charge in [-0.2, -0.15) is 0 Å². The Morgan fingerprint density at radius 2 is 1.77 bits per heavy atom. The lowest BCUT2D eigenvalue weighted by molar-refractivity contribution is 0.509. The van der Waals surface area contributed by atoms with Crippen LogP contribution in [0.15, 0.2) is 24.8 Å². The van der Waals surface area contributed by atoms with E-state index < -0.39 is 0 Å². The molecule has 2 aliphatic rings. The van der Waals surface area contributed by atoms with Crippen molar-refractivity contribution >= 4 is 33.3 Å². The molecule has 0 spiro atoms. The molecule has 3 aromatic rings. The molecule has 134 valence electrons. The first-order chi connectivity index (χ1) is 12.8. The van der Waals surface area contributed by atoms with E-state index in [1.165, 1.54) is 28.7 Å². The van der Waals surface area contributed by atoms with Gasteiger partial charge >= 0.3 is 0 Å². The number of hydrogen-bond donors (Lipinski definition) is 0. The van der Waals surface area contributed by atoms with Crippen LogP contribution in [0.3, 0.4) is 0 Å². The molecule has 0 bridgehead atoms. The number of rotatable bonds is 2. The summed E-state index contributed by atoms with van der Waals surface area (Å²) < 4.78 is 0. The van der Waals surface area contributed by atoms with Gasteiger partial charge in [0.05, 0.1) is 5.39 Å². The van der Waals surface area contributed by atoms with E-state index in [0.29, 0.717) is 0 Å². The molecular weight excluding hydrogens is 344 g/mol. The van der Waals surface area contributed by atoms with Crippen LogP contribution in [0.1, 0.15) is 23.8 Å². The van der Waals surface area contributed by atoms with Crippen LogP contribution >= 0.6 is 11.3 Å². The van der Waals surface area contributed by atoms with Crippen LogP contribution < -0.4 is 9.80 Å². The SMILES string of the molecule is CC1CCc2c(sc3ncnc(N4CCN(c5ncccn5)CC4)c23)C1. The summed E-state index contributed by atoms with van der Waals surface area (Å²) in [6, 6.07) is 1.86. The molecule has 0 aromatic carbocycles. The van der Waals surface area contributed by atoms with Gasteiger partial charge in [0, 0.05) is 43.4 Å². The highest BCUT2D eigenvalue weighted by molar-refractivity contribution is 7.19. The summed E-state index contributed by atoms with van der Waals surface area (Å²) in [4.78, 5) is 25.4. The molecule has 1 unspecified atom stereocenters. The van der Waals surface area contributed by atoms with Gasteiger partial charge in [-0.15, -0.1) is 11.3 Å². The van der Waals surface area contributed by atoms with Crippen LogP contribution in [-0.2, 0) is 12.8 Å². The van der Waals surface area contributed by atoms with Crippen LogP contribution in [0.5, 0.6) is 0 Å². The van der Waals surface area contributed by atoms with E-state index in [1.807, 2.05) is 17.4 Å². The van der Waals surface area contributed by atoms with E-state index in [-0.39, 0.29) is 0 Å². The largest absolute Gasteiger partial charge is 0.352 e. The Bertz CT molecular complexity index is 916. The maximum atomic E-state index is 4.70. The Morgan fingerprint density at radius 3 is 2.58 bits per heavy atom. The minimum atomic E-state index is 0.779. The third kappa shape index (κ3) is 2.70. The number of nitrogens with zero attached hydrogens (tertiary/aromatic N) is 6. The van der Waals surface area contributed by atoms with Gasteiger partial charge in [0.25, 0.3) is 0 Å². The molecule has 0 amide bonds. The van der Waals surface area contributed by atoms with Gasteiger partial charge in [0.1, 0.15) is 17.0 Å². The highest BCUT2D eigenvalue weighted by Gasteiger charge is 2.27. The minimum Gasteiger partial charge on any atom is -0.352 e. The standard InChI is InChI=1S/C19H22N6S/c1-13-3-4-14-15(11-13)26-18-16(14)17(22-12-23-18)24-7-9-25(10-8-24)19-20-5-2-6-21-19/h2,5-6,12-13H,3-4,7-11H2,1H3. The fourth-order valence-electron chi connectivity index (χ4n) is 4.07. The number of thiophene rings is 1. The quantitative estimate of drug-likeness (QED) is 0.695. The molecule has 6 nitrogen and oxygen atoms in total. The van der Waals surface area contributed by atoms with Crippen molar-refractivity contribution in [2.45, 2.75) is 26.2 Å². The minimum absolute atomic E-state index is 0.779. The Labute approximate surface area is 156 Å². The lowest BCUT2D eigenvalue weighted by Gasteiger charge is -2.35. The highest BCUT2D eigenvalue weighted by atomic mass is 32.1. The second-order valence-electron chi connectivity index (χ2n) is 7.25. The van der Waals surface area contributed by atoms with Gasteiger partial charge in [0.2, 0.25) is 5.95 Å². The number of anilines is 2. The maximum absolute atomic E-state index is 4.70. The maximum Gasteiger partial charge on any atom is 0.225 e. The number of aromatic nitrogens is 4. The molecule has 0 radical (unpaired) electrons. The molecule has 4 heterocycles. The highest BCUT2D eigenvalue weighted by Crippen LogP contribution is 2.40. The average Bonchev–Trinajstić information content (AvgIpc) is 3.06. The zero-order valence-electron chi connectivity index (χ0n) is 14.9. The van der Waals surface area contributed by atoms with Crippen LogP contribution in [0.25, 0.3) is 10.2 Å². The monoisotopic (exact) mass is 366 g/mol. The first-order valence-corrected chi connectivity index (χ1v) is 10.1. The zero-order valence-corrected chi connectivity index (χ0v) is 15.7. The predicted molar refractivity (Wildman–Crippen MR) is 105 cm³/mol. The van der Waals surface area contributed by atoms with Gasteiger partial charge in [-0.1, -0.05) is 6.92 Å². The Kier molecular flexibility index (Phi) is 3.96. The average molecular weight is 366 g/mol. The third-order valence-corrected chi connectivity index (χ3v) is 6.65. The molecule has 1 saturated heterocycles. The van der Waals surface area contributed by atoms with Gasteiger partial charge in [0.15, 0.2) is 0 Å². The molecule has 0 saturated carbocycles. The summed E-state index contributed by atoms with van der Waals surface area (Å²) in [5.74, 6) is 2.72. The summed E-state index contributed by atoms with van der Waals surface area (Å²) in [5, 5.41) is 1.31. The fraction of sp³-hybridized carbons (Fsp3) is 0.474. The Morgan fingerprint density at radius 1 is 1.00 bits per heavy atom. The predicted octanol–water partition coefficient (Wildman–Crippen LogP) is 2.93. The van der Waals surface area contributed by atoms with Crippen LogP contribution in [0.4, 0.5) is 11.8 Å². The van der Waals surface area contributed by atoms with Crippen molar-refractivity contribution in [2.75, 3.05) is 36.0 Å². The number of fused-ring (bicyclic) bond motifs is 3. The van der Waals surface area contributed by atoms with Crippen molar-refractivity contribution in [2.24, 2.45) is 5.92 Å². The molecule has 0 N–H and O–H groups in total. The molecule has 3 aromatic heterocycles. The second-order valence-corrected chi connectivity index (χ2v) is 8.34. The van der Waals surface area contributed by atoms with Crippen LogP contribution in [-0.4, -0.2) is 46.1 Å².